The van der Waals surface area contributed by atoms with Gasteiger partial charge in [0.25, 0.3) is 5.91 Å². The van der Waals surface area contributed by atoms with Crippen LogP contribution < -0.4 is 19.1 Å². The number of hydrogen-bond acceptors (Lipinski definition) is 6. The van der Waals surface area contributed by atoms with Gasteiger partial charge in [-0.05, 0) is 55.0 Å². The number of aliphatic imine (C=N–C) groups is 1. The van der Waals surface area contributed by atoms with Crippen LogP contribution in [0.5, 0.6) is 17.2 Å². The molecule has 0 bridgehead atoms. The molecule has 0 spiro atoms. The van der Waals surface area contributed by atoms with Gasteiger partial charge in [-0.3, -0.25) is 9.69 Å². The Bertz CT molecular complexity index is 1220. The van der Waals surface area contributed by atoms with Crippen molar-refractivity contribution in [3.8, 4) is 17.2 Å². The van der Waals surface area contributed by atoms with Crippen LogP contribution in [-0.4, -0.2) is 30.2 Å². The summed E-state index contributed by atoms with van der Waals surface area (Å²) in [6.45, 7) is 2.73. The SMILES string of the molecule is Cc1ccc(N2C(=O)C(=Cc3ccc4c(c3)OCO4)N=C2SCCOc2ccccc2)cc1. The number of fused-ring (bicyclic) bond motifs is 1. The lowest BCUT2D eigenvalue weighted by molar-refractivity contribution is -0.113. The zero-order chi connectivity index (χ0) is 22.6. The maximum absolute atomic E-state index is 13.3. The number of thioether (sulfide) groups is 1. The number of ether oxygens (including phenoxy) is 3. The molecule has 0 aliphatic carbocycles. The van der Waals surface area contributed by atoms with Gasteiger partial charge in [0.1, 0.15) is 11.4 Å². The van der Waals surface area contributed by atoms with Gasteiger partial charge in [-0.2, -0.15) is 0 Å². The van der Waals surface area contributed by atoms with Gasteiger partial charge < -0.3 is 14.2 Å². The smallest absolute Gasteiger partial charge is 0.283 e. The zero-order valence-electron chi connectivity index (χ0n) is 18.1. The highest BCUT2D eigenvalue weighted by Crippen LogP contribution is 2.34. The van der Waals surface area contributed by atoms with E-state index in [4.69, 9.17) is 14.2 Å². The molecule has 0 radical (unpaired) electrons. The maximum atomic E-state index is 13.3. The number of nitrogens with zero attached hydrogens (tertiary/aromatic N) is 2. The number of amidine groups is 1. The number of aryl methyl sites for hydroxylation is 1. The minimum absolute atomic E-state index is 0.164. The number of rotatable bonds is 6. The first kappa shape index (κ1) is 21.2. The maximum Gasteiger partial charge on any atom is 0.283 e. The van der Waals surface area contributed by atoms with Crippen molar-refractivity contribution in [3.63, 3.8) is 0 Å². The molecule has 2 heterocycles. The highest BCUT2D eigenvalue weighted by atomic mass is 32.2. The third kappa shape index (κ3) is 4.73. The molecule has 0 N–H and O–H groups in total. The molecule has 2 aliphatic rings. The van der Waals surface area contributed by atoms with E-state index < -0.39 is 0 Å². The van der Waals surface area contributed by atoms with Crippen molar-refractivity contribution >= 4 is 34.6 Å². The van der Waals surface area contributed by atoms with Gasteiger partial charge in [-0.15, -0.1) is 0 Å². The van der Waals surface area contributed by atoms with Crippen LogP contribution in [0.2, 0.25) is 0 Å². The summed E-state index contributed by atoms with van der Waals surface area (Å²) >= 11 is 1.49. The Labute approximate surface area is 196 Å². The van der Waals surface area contributed by atoms with Crippen molar-refractivity contribution in [2.24, 2.45) is 4.99 Å². The van der Waals surface area contributed by atoms with E-state index in [0.717, 1.165) is 22.6 Å². The molecule has 3 aromatic rings. The van der Waals surface area contributed by atoms with Crippen LogP contribution in [0, 0.1) is 6.92 Å². The van der Waals surface area contributed by atoms with E-state index in [1.807, 2.05) is 79.7 Å². The number of anilines is 1. The van der Waals surface area contributed by atoms with Crippen molar-refractivity contribution in [2.75, 3.05) is 24.1 Å². The van der Waals surface area contributed by atoms with E-state index in [-0.39, 0.29) is 12.7 Å². The minimum Gasteiger partial charge on any atom is -0.493 e. The third-order valence-corrected chi connectivity index (χ3v) is 6.05. The summed E-state index contributed by atoms with van der Waals surface area (Å²) in [4.78, 5) is 19.7. The van der Waals surface area contributed by atoms with Gasteiger partial charge in [0, 0.05) is 5.75 Å². The predicted octanol–water partition coefficient (Wildman–Crippen LogP) is 5.28. The van der Waals surface area contributed by atoms with E-state index in [2.05, 4.69) is 4.99 Å². The van der Waals surface area contributed by atoms with Crippen LogP contribution in [0.3, 0.4) is 0 Å². The Morgan fingerprint density at radius 3 is 2.64 bits per heavy atom. The summed E-state index contributed by atoms with van der Waals surface area (Å²) in [5.41, 5.74) is 3.12. The van der Waals surface area contributed by atoms with Crippen LogP contribution in [0.15, 0.2) is 83.5 Å². The quantitative estimate of drug-likeness (QED) is 0.372. The van der Waals surface area contributed by atoms with Crippen LogP contribution in [0.1, 0.15) is 11.1 Å². The van der Waals surface area contributed by atoms with Gasteiger partial charge in [0.05, 0.1) is 12.3 Å². The normalized spacial score (nSPS) is 15.8. The fourth-order valence-electron chi connectivity index (χ4n) is 3.48. The highest BCUT2D eigenvalue weighted by molar-refractivity contribution is 8.14. The molecule has 2 aliphatic heterocycles. The number of amides is 1. The lowest BCUT2D eigenvalue weighted by Gasteiger charge is -2.18. The topological polar surface area (TPSA) is 60.4 Å². The van der Waals surface area contributed by atoms with E-state index in [9.17, 15) is 4.79 Å². The molecule has 0 saturated carbocycles. The van der Waals surface area contributed by atoms with Gasteiger partial charge in [-0.1, -0.05) is 53.7 Å². The fourth-order valence-corrected chi connectivity index (χ4v) is 4.31. The predicted molar refractivity (Wildman–Crippen MR) is 131 cm³/mol. The summed E-state index contributed by atoms with van der Waals surface area (Å²) in [6.07, 6.45) is 1.78. The standard InChI is InChI=1S/C26H22N2O4S/c1-18-7-10-20(11-8-18)28-25(29)22(15-19-9-12-23-24(16-19)32-17-31-23)27-26(28)33-14-13-30-21-5-3-2-4-6-21/h2-12,15-16H,13-14,17H2,1H3. The number of benzene rings is 3. The average Bonchev–Trinajstić information content (AvgIpc) is 3.42. The van der Waals surface area contributed by atoms with Crippen molar-refractivity contribution in [2.45, 2.75) is 6.92 Å². The van der Waals surface area contributed by atoms with Gasteiger partial charge in [-0.25, -0.2) is 4.99 Å². The van der Waals surface area contributed by atoms with Gasteiger partial charge >= 0.3 is 0 Å². The van der Waals surface area contributed by atoms with Crippen LogP contribution in [0.25, 0.3) is 6.08 Å². The molecule has 166 valence electrons. The second-order valence-corrected chi connectivity index (χ2v) is 8.58. The molecule has 0 atom stereocenters. The Kier molecular flexibility index (Phi) is 6.04. The average molecular weight is 459 g/mol. The molecular formula is C26H22N2O4S. The van der Waals surface area contributed by atoms with E-state index in [1.54, 1.807) is 11.0 Å². The first-order valence-electron chi connectivity index (χ1n) is 10.6. The summed E-state index contributed by atoms with van der Waals surface area (Å²) < 4.78 is 16.6. The summed E-state index contributed by atoms with van der Waals surface area (Å²) in [5.74, 6) is 2.68. The number of para-hydroxylation sites is 1. The zero-order valence-corrected chi connectivity index (χ0v) is 18.9. The molecule has 0 aromatic heterocycles. The lowest BCUT2D eigenvalue weighted by Crippen LogP contribution is -2.30. The Morgan fingerprint density at radius 1 is 1.03 bits per heavy atom. The summed E-state index contributed by atoms with van der Waals surface area (Å²) in [5, 5.41) is 0.632. The molecule has 7 heteroatoms. The first-order valence-corrected chi connectivity index (χ1v) is 11.6. The Hall–Kier alpha value is -3.71. The molecular weight excluding hydrogens is 436 g/mol. The third-order valence-electron chi connectivity index (χ3n) is 5.15. The van der Waals surface area contributed by atoms with Gasteiger partial charge in [0.2, 0.25) is 6.79 Å². The summed E-state index contributed by atoms with van der Waals surface area (Å²) in [7, 11) is 0. The lowest BCUT2D eigenvalue weighted by atomic mass is 10.1. The minimum atomic E-state index is -0.164. The Balaban J connectivity index is 1.37. The number of carbonyl (C=O) groups is 1. The van der Waals surface area contributed by atoms with E-state index >= 15 is 0 Å². The first-order chi connectivity index (χ1) is 16.2. The van der Waals surface area contributed by atoms with E-state index in [1.165, 1.54) is 11.8 Å². The van der Waals surface area contributed by atoms with Gasteiger partial charge in [0.15, 0.2) is 16.7 Å². The number of hydrogen-bond donors (Lipinski definition) is 0. The molecule has 5 rings (SSSR count). The van der Waals surface area contributed by atoms with E-state index in [0.29, 0.717) is 34.7 Å². The van der Waals surface area contributed by atoms with Crippen molar-refractivity contribution in [1.82, 2.24) is 0 Å². The van der Waals surface area contributed by atoms with Crippen molar-refractivity contribution in [3.05, 3.63) is 89.6 Å². The monoisotopic (exact) mass is 458 g/mol. The molecule has 33 heavy (non-hydrogen) atoms. The molecule has 0 fully saturated rings. The van der Waals surface area contributed by atoms with Crippen LogP contribution in [0.4, 0.5) is 5.69 Å². The molecule has 6 nitrogen and oxygen atoms in total. The van der Waals surface area contributed by atoms with Crippen LogP contribution >= 0.6 is 11.8 Å². The number of carbonyl (C=O) groups excluding carboxylic acids is 1. The largest absolute Gasteiger partial charge is 0.493 e. The van der Waals surface area contributed by atoms with Crippen LogP contribution in [-0.2, 0) is 4.79 Å². The second kappa shape index (κ2) is 9.42. The van der Waals surface area contributed by atoms with Crippen molar-refractivity contribution < 1.29 is 19.0 Å². The molecule has 0 saturated heterocycles. The van der Waals surface area contributed by atoms with Crippen molar-refractivity contribution in [1.29, 1.82) is 0 Å². The molecule has 0 unspecified atom stereocenters. The second-order valence-electron chi connectivity index (χ2n) is 7.52. The Morgan fingerprint density at radius 2 is 1.82 bits per heavy atom. The fraction of sp³-hybridized carbons (Fsp3) is 0.154. The summed E-state index contributed by atoms with van der Waals surface area (Å²) in [6, 6.07) is 23.1. The highest BCUT2D eigenvalue weighted by Gasteiger charge is 2.32. The molecule has 1 amide bonds. The molecule has 3 aromatic carbocycles.